The molecule has 45 heavy (non-hydrogen) atoms. The number of unbranched alkanes of at least 4 members (excludes halogenated alkanes) is 5. The van der Waals surface area contributed by atoms with Crippen LogP contribution in [-0.2, 0) is 48.4 Å². The van der Waals surface area contributed by atoms with Gasteiger partial charge >= 0.3 is 18.1 Å². The van der Waals surface area contributed by atoms with Gasteiger partial charge in [0.15, 0.2) is 0 Å². The number of carbonyl (C=O) groups excluding carboxylic acids is 3. The van der Waals surface area contributed by atoms with Crippen molar-refractivity contribution in [2.45, 2.75) is 98.1 Å². The molecule has 3 aromatic carbocycles. The lowest BCUT2D eigenvalue weighted by atomic mass is 10.1. The zero-order valence-electron chi connectivity index (χ0n) is 27.0. The Morgan fingerprint density at radius 3 is 1.49 bits per heavy atom. The van der Waals surface area contributed by atoms with Crippen LogP contribution in [-0.4, -0.2) is 35.9 Å². The second-order valence-corrected chi connectivity index (χ2v) is 10.3. The first-order valence-electron chi connectivity index (χ1n) is 15.8. The molecule has 8 nitrogen and oxygen atoms in total. The Hall–Kier alpha value is -4.17. The second kappa shape index (κ2) is 26.3. The summed E-state index contributed by atoms with van der Waals surface area (Å²) in [6, 6.07) is 28.6. The van der Waals surface area contributed by atoms with E-state index >= 15 is 0 Å². The molecule has 0 aromatic heterocycles. The molecular formula is C37H50O8. The molecule has 1 unspecified atom stereocenters. The van der Waals surface area contributed by atoms with Gasteiger partial charge in [0.1, 0.15) is 25.9 Å². The lowest BCUT2D eigenvalue weighted by Gasteiger charge is -2.06. The third kappa shape index (κ3) is 22.1. The number of carbonyl (C=O) groups is 3. The largest absolute Gasteiger partial charge is 0.508 e. The lowest BCUT2D eigenvalue weighted by Crippen LogP contribution is -2.18. The molecule has 3 aromatic rings. The fraction of sp³-hybridized carbons (Fsp3) is 0.432. The van der Waals surface area contributed by atoms with Crippen molar-refractivity contribution in [1.29, 1.82) is 0 Å². The maximum Gasteiger partial charge on any atom is 0.508 e. The topological polar surface area (TPSA) is 108 Å². The van der Waals surface area contributed by atoms with E-state index in [1.807, 2.05) is 97.9 Å². The summed E-state index contributed by atoms with van der Waals surface area (Å²) in [4.78, 5) is 33.1. The smallest absolute Gasteiger partial charge is 0.461 e. The number of hydrogen-bond acceptors (Lipinski definition) is 8. The zero-order chi connectivity index (χ0) is 33.0. The molecular weight excluding hydrogens is 572 g/mol. The Balaban J connectivity index is 0.000000347. The van der Waals surface area contributed by atoms with Crippen molar-refractivity contribution in [3.8, 4) is 0 Å². The van der Waals surface area contributed by atoms with Gasteiger partial charge in [-0.2, -0.15) is 0 Å². The minimum Gasteiger partial charge on any atom is -0.461 e. The summed E-state index contributed by atoms with van der Waals surface area (Å²) in [6.45, 7) is 6.88. The van der Waals surface area contributed by atoms with Crippen LogP contribution in [0.25, 0.3) is 0 Å². The SMILES string of the molecule is CC(O)C(=O)OCc1ccccc1.CCCC(=O)OCc1ccccc1.CCCCCCCCOC(=O)OCc1ccccc1. The number of rotatable bonds is 16. The average Bonchev–Trinajstić information content (AvgIpc) is 3.07. The van der Waals surface area contributed by atoms with Crippen LogP contribution in [0.15, 0.2) is 91.0 Å². The lowest BCUT2D eigenvalue weighted by molar-refractivity contribution is -0.153. The standard InChI is InChI=1S/C16H24O3.C11H14O2.C10H12O3/c1-2-3-4-5-6-10-13-18-16(17)19-14-15-11-8-7-9-12-15;1-2-6-11(12)13-9-10-7-4-3-5-8-10;1-8(11)10(12)13-7-9-5-3-2-4-6-9/h7-9,11-12H,2-6,10,13-14H2,1H3;3-5,7-8H,2,6,9H2,1H3;2-6,8,11H,7H2,1H3. The van der Waals surface area contributed by atoms with Gasteiger partial charge in [0.2, 0.25) is 0 Å². The molecule has 0 aliphatic rings. The normalized spacial score (nSPS) is 10.6. The number of aliphatic hydroxyl groups excluding tert-OH is 1. The van der Waals surface area contributed by atoms with E-state index in [1.165, 1.54) is 32.6 Å². The summed E-state index contributed by atoms with van der Waals surface area (Å²) in [5.74, 6) is -0.713. The highest BCUT2D eigenvalue weighted by molar-refractivity contribution is 5.73. The summed E-state index contributed by atoms with van der Waals surface area (Å²) in [6.07, 6.45) is 6.80. The van der Waals surface area contributed by atoms with Crippen molar-refractivity contribution < 1.29 is 38.4 Å². The van der Waals surface area contributed by atoms with Crippen LogP contribution in [0.4, 0.5) is 4.79 Å². The molecule has 0 aliphatic carbocycles. The zero-order valence-corrected chi connectivity index (χ0v) is 27.0. The molecule has 1 atom stereocenters. The van der Waals surface area contributed by atoms with Crippen molar-refractivity contribution in [3.05, 3.63) is 108 Å². The summed E-state index contributed by atoms with van der Waals surface area (Å²) in [5.41, 5.74) is 2.92. The molecule has 8 heteroatoms. The van der Waals surface area contributed by atoms with Gasteiger partial charge in [-0.3, -0.25) is 4.79 Å². The first-order chi connectivity index (χ1) is 21.8. The average molecular weight is 623 g/mol. The third-order valence-electron chi connectivity index (χ3n) is 6.18. The summed E-state index contributed by atoms with van der Waals surface area (Å²) in [7, 11) is 0. The van der Waals surface area contributed by atoms with Crippen molar-refractivity contribution in [1.82, 2.24) is 0 Å². The molecule has 1 N–H and O–H groups in total. The molecule has 246 valence electrons. The molecule has 0 saturated carbocycles. The van der Waals surface area contributed by atoms with Gasteiger partial charge in [-0.1, -0.05) is 137 Å². The van der Waals surface area contributed by atoms with Crippen LogP contribution in [0.3, 0.4) is 0 Å². The van der Waals surface area contributed by atoms with Gasteiger partial charge in [-0.15, -0.1) is 0 Å². The number of aliphatic hydroxyl groups is 1. The van der Waals surface area contributed by atoms with E-state index in [1.54, 1.807) is 0 Å². The highest BCUT2D eigenvalue weighted by Crippen LogP contribution is 2.06. The first-order valence-corrected chi connectivity index (χ1v) is 15.8. The van der Waals surface area contributed by atoms with E-state index in [2.05, 4.69) is 6.92 Å². The number of hydrogen-bond donors (Lipinski definition) is 1. The maximum absolute atomic E-state index is 11.3. The third-order valence-corrected chi connectivity index (χ3v) is 6.18. The quantitative estimate of drug-likeness (QED) is 0.0965. The predicted molar refractivity (Wildman–Crippen MR) is 175 cm³/mol. The van der Waals surface area contributed by atoms with Gasteiger partial charge in [-0.25, -0.2) is 9.59 Å². The predicted octanol–water partition coefficient (Wildman–Crippen LogP) is 8.34. The maximum atomic E-state index is 11.3. The van der Waals surface area contributed by atoms with E-state index in [4.69, 9.17) is 24.1 Å². The fourth-order valence-electron chi connectivity index (χ4n) is 3.66. The minimum absolute atomic E-state index is 0.119. The molecule has 0 saturated heterocycles. The first kappa shape index (κ1) is 38.9. The van der Waals surface area contributed by atoms with Crippen LogP contribution >= 0.6 is 0 Å². The Labute approximate surface area is 268 Å². The summed E-state index contributed by atoms with van der Waals surface area (Å²) in [5, 5.41) is 8.82. The highest BCUT2D eigenvalue weighted by Gasteiger charge is 2.09. The van der Waals surface area contributed by atoms with Crippen LogP contribution in [0.2, 0.25) is 0 Å². The van der Waals surface area contributed by atoms with Crippen molar-refractivity contribution in [2.75, 3.05) is 6.61 Å². The Kier molecular flexibility index (Phi) is 22.7. The van der Waals surface area contributed by atoms with Crippen molar-refractivity contribution in [2.24, 2.45) is 0 Å². The van der Waals surface area contributed by atoms with Crippen molar-refractivity contribution >= 4 is 18.1 Å². The van der Waals surface area contributed by atoms with Gasteiger partial charge < -0.3 is 24.1 Å². The Morgan fingerprint density at radius 1 is 0.578 bits per heavy atom. The molecule has 0 spiro atoms. The number of esters is 2. The van der Waals surface area contributed by atoms with E-state index in [9.17, 15) is 14.4 Å². The molecule has 0 fully saturated rings. The Morgan fingerprint density at radius 2 is 1.02 bits per heavy atom. The second-order valence-electron chi connectivity index (χ2n) is 10.3. The monoisotopic (exact) mass is 622 g/mol. The number of benzene rings is 3. The van der Waals surface area contributed by atoms with Crippen LogP contribution in [0.1, 0.15) is 88.8 Å². The molecule has 0 aliphatic heterocycles. The van der Waals surface area contributed by atoms with Gasteiger partial charge in [-0.05, 0) is 36.5 Å². The van der Waals surface area contributed by atoms with Gasteiger partial charge in [0, 0.05) is 6.42 Å². The van der Waals surface area contributed by atoms with Crippen molar-refractivity contribution in [3.63, 3.8) is 0 Å². The van der Waals surface area contributed by atoms with Crippen LogP contribution < -0.4 is 0 Å². The van der Waals surface area contributed by atoms with Gasteiger partial charge in [0.25, 0.3) is 0 Å². The fourth-order valence-corrected chi connectivity index (χ4v) is 3.66. The van der Waals surface area contributed by atoms with E-state index in [0.717, 1.165) is 36.0 Å². The summed E-state index contributed by atoms with van der Waals surface area (Å²) >= 11 is 0. The molecule has 0 radical (unpaired) electrons. The minimum atomic E-state index is -1.05. The van der Waals surface area contributed by atoms with E-state index < -0.39 is 18.2 Å². The van der Waals surface area contributed by atoms with Crippen LogP contribution in [0.5, 0.6) is 0 Å². The van der Waals surface area contributed by atoms with Gasteiger partial charge in [0.05, 0.1) is 6.61 Å². The van der Waals surface area contributed by atoms with E-state index in [-0.39, 0.29) is 19.2 Å². The molecule has 0 heterocycles. The highest BCUT2D eigenvalue weighted by atomic mass is 16.7. The molecule has 0 bridgehead atoms. The van der Waals surface area contributed by atoms with E-state index in [0.29, 0.717) is 19.6 Å². The molecule has 0 amide bonds. The summed E-state index contributed by atoms with van der Waals surface area (Å²) < 4.78 is 19.9. The Bertz CT molecular complexity index is 1150. The molecule has 3 rings (SSSR count). The van der Waals surface area contributed by atoms with Crippen LogP contribution in [0, 0.1) is 0 Å². The number of ether oxygens (including phenoxy) is 4.